The zero-order chi connectivity index (χ0) is 19.9. The van der Waals surface area contributed by atoms with Crippen LogP contribution in [0.4, 0.5) is 5.69 Å². The lowest BCUT2D eigenvalue weighted by molar-refractivity contribution is -0.117. The molecular formula is C23H36ClN3OS. The van der Waals surface area contributed by atoms with Gasteiger partial charge in [0, 0.05) is 25.4 Å². The number of benzene rings is 1. The van der Waals surface area contributed by atoms with Gasteiger partial charge in [-0.25, -0.2) is 0 Å². The minimum absolute atomic E-state index is 0. The average Bonchev–Trinajstić information content (AvgIpc) is 2.88. The molecule has 0 radical (unpaired) electrons. The lowest BCUT2D eigenvalue weighted by Crippen LogP contribution is -2.48. The molecule has 1 saturated heterocycles. The van der Waals surface area contributed by atoms with Crippen LogP contribution in [0.2, 0.25) is 0 Å². The van der Waals surface area contributed by atoms with E-state index in [1.165, 1.54) is 56.9 Å². The van der Waals surface area contributed by atoms with Crippen LogP contribution in [-0.2, 0) is 11.2 Å². The molecule has 1 aliphatic heterocycles. The first-order valence-corrected chi connectivity index (χ1v) is 11.9. The predicted molar refractivity (Wildman–Crippen MR) is 128 cm³/mol. The third-order valence-corrected chi connectivity index (χ3v) is 7.02. The van der Waals surface area contributed by atoms with Gasteiger partial charge in [0.15, 0.2) is 5.17 Å². The van der Waals surface area contributed by atoms with E-state index in [0.29, 0.717) is 6.04 Å². The summed E-state index contributed by atoms with van der Waals surface area (Å²) in [6.07, 6.45) is 11.2. The number of nitrogens with zero attached hydrogens (tertiary/aromatic N) is 3. The van der Waals surface area contributed by atoms with Crippen molar-refractivity contribution in [2.75, 3.05) is 17.7 Å². The normalized spacial score (nSPS) is 21.7. The number of rotatable bonds is 6. The van der Waals surface area contributed by atoms with E-state index in [9.17, 15) is 4.79 Å². The predicted octanol–water partition coefficient (Wildman–Crippen LogP) is 5.89. The minimum atomic E-state index is 0. The largest absolute Gasteiger partial charge is 0.333 e. The maximum Gasteiger partial charge on any atom is 0.225 e. The molecule has 1 amide bonds. The highest BCUT2D eigenvalue weighted by Gasteiger charge is 2.34. The second kappa shape index (κ2) is 11.8. The number of aliphatic imine (C=N–C) groups is 1. The molecule has 162 valence electrons. The summed E-state index contributed by atoms with van der Waals surface area (Å²) in [5.74, 6) is 0.966. The van der Waals surface area contributed by atoms with Crippen molar-refractivity contribution in [3.63, 3.8) is 0 Å². The molecule has 29 heavy (non-hydrogen) atoms. The summed E-state index contributed by atoms with van der Waals surface area (Å²) in [6, 6.07) is 9.00. The fourth-order valence-corrected chi connectivity index (χ4v) is 5.40. The molecule has 6 heteroatoms. The van der Waals surface area contributed by atoms with Gasteiger partial charge in [0.25, 0.3) is 0 Å². The summed E-state index contributed by atoms with van der Waals surface area (Å²) in [5.41, 5.74) is 2.33. The first-order chi connectivity index (χ1) is 13.6. The molecule has 2 fully saturated rings. The number of aryl methyl sites for hydroxylation is 1. The summed E-state index contributed by atoms with van der Waals surface area (Å²) < 4.78 is 0. The average molecular weight is 438 g/mol. The van der Waals surface area contributed by atoms with E-state index in [-0.39, 0.29) is 24.5 Å². The van der Waals surface area contributed by atoms with Gasteiger partial charge in [-0.3, -0.25) is 14.7 Å². The van der Waals surface area contributed by atoms with E-state index in [4.69, 9.17) is 4.99 Å². The quantitative estimate of drug-likeness (QED) is 0.520. The van der Waals surface area contributed by atoms with Crippen molar-refractivity contribution in [3.05, 3.63) is 29.8 Å². The molecular weight excluding hydrogens is 402 g/mol. The number of anilines is 1. The molecule has 1 aromatic carbocycles. The Hall–Kier alpha value is -1.20. The van der Waals surface area contributed by atoms with Crippen molar-refractivity contribution in [2.45, 2.75) is 83.8 Å². The third-order valence-electron chi connectivity index (χ3n) is 5.90. The van der Waals surface area contributed by atoms with Crippen molar-refractivity contribution in [1.82, 2.24) is 4.90 Å². The number of unbranched alkanes of at least 4 members (excludes halogenated alkanes) is 1. The van der Waals surface area contributed by atoms with Crippen LogP contribution in [0.5, 0.6) is 0 Å². The topological polar surface area (TPSA) is 35.9 Å². The van der Waals surface area contributed by atoms with Crippen LogP contribution in [0, 0.1) is 0 Å². The van der Waals surface area contributed by atoms with Crippen molar-refractivity contribution >= 4 is 40.9 Å². The first-order valence-electron chi connectivity index (χ1n) is 10.9. The Morgan fingerprint density at radius 3 is 2.41 bits per heavy atom. The van der Waals surface area contributed by atoms with Crippen LogP contribution in [-0.4, -0.2) is 41.0 Å². The SMILES string of the molecule is CCCCc1ccc(N(C(C)=O)C2CSC(=NC3CCCCCC3)N2C)cc1.Cl. The minimum Gasteiger partial charge on any atom is -0.333 e. The van der Waals surface area contributed by atoms with E-state index in [1.54, 1.807) is 18.7 Å². The molecule has 0 spiro atoms. The number of thioether (sulfide) groups is 1. The summed E-state index contributed by atoms with van der Waals surface area (Å²) in [6.45, 7) is 3.89. The second-order valence-corrected chi connectivity index (χ2v) is 9.11. The summed E-state index contributed by atoms with van der Waals surface area (Å²) >= 11 is 1.80. The molecule has 0 bridgehead atoms. The summed E-state index contributed by atoms with van der Waals surface area (Å²) in [5, 5.41) is 1.10. The smallest absolute Gasteiger partial charge is 0.225 e. The number of amidine groups is 1. The number of hydrogen-bond donors (Lipinski definition) is 0. The molecule has 1 aromatic rings. The zero-order valence-corrected chi connectivity index (χ0v) is 19.7. The molecule has 1 unspecified atom stereocenters. The molecule has 4 nitrogen and oxygen atoms in total. The van der Waals surface area contributed by atoms with Crippen LogP contribution < -0.4 is 4.90 Å². The summed E-state index contributed by atoms with van der Waals surface area (Å²) in [4.78, 5) is 21.8. The Balaban J connectivity index is 0.00000300. The van der Waals surface area contributed by atoms with E-state index in [1.807, 2.05) is 4.90 Å². The highest BCUT2D eigenvalue weighted by atomic mass is 35.5. The number of amides is 1. The molecule has 1 atom stereocenters. The van der Waals surface area contributed by atoms with Crippen molar-refractivity contribution in [2.24, 2.45) is 4.99 Å². The zero-order valence-electron chi connectivity index (χ0n) is 18.1. The molecule has 1 saturated carbocycles. The Morgan fingerprint density at radius 2 is 1.83 bits per heavy atom. The molecule has 1 heterocycles. The second-order valence-electron chi connectivity index (χ2n) is 8.12. The maximum absolute atomic E-state index is 12.5. The van der Waals surface area contributed by atoms with E-state index >= 15 is 0 Å². The van der Waals surface area contributed by atoms with Crippen LogP contribution >= 0.6 is 24.2 Å². The highest BCUT2D eigenvalue weighted by molar-refractivity contribution is 8.14. The molecule has 0 N–H and O–H groups in total. The van der Waals surface area contributed by atoms with Gasteiger partial charge in [-0.2, -0.15) is 0 Å². The Labute approximate surface area is 186 Å². The number of hydrogen-bond acceptors (Lipinski definition) is 3. The van der Waals surface area contributed by atoms with Gasteiger partial charge >= 0.3 is 0 Å². The van der Waals surface area contributed by atoms with Gasteiger partial charge in [-0.05, 0) is 43.4 Å². The van der Waals surface area contributed by atoms with Gasteiger partial charge in [0.2, 0.25) is 5.91 Å². The van der Waals surface area contributed by atoms with Crippen LogP contribution in [0.3, 0.4) is 0 Å². The number of carbonyl (C=O) groups excluding carboxylic acids is 1. The van der Waals surface area contributed by atoms with Crippen molar-refractivity contribution < 1.29 is 4.79 Å². The van der Waals surface area contributed by atoms with Gasteiger partial charge in [0.05, 0.1) is 6.04 Å². The summed E-state index contributed by atoms with van der Waals surface area (Å²) in [7, 11) is 2.09. The maximum atomic E-state index is 12.5. The van der Waals surface area contributed by atoms with Gasteiger partial charge in [0.1, 0.15) is 6.17 Å². The number of carbonyl (C=O) groups is 1. The van der Waals surface area contributed by atoms with Gasteiger partial charge < -0.3 is 4.90 Å². The molecule has 0 aromatic heterocycles. The van der Waals surface area contributed by atoms with Crippen molar-refractivity contribution in [3.8, 4) is 0 Å². The lowest BCUT2D eigenvalue weighted by Gasteiger charge is -2.33. The number of halogens is 1. The van der Waals surface area contributed by atoms with E-state index in [0.717, 1.165) is 23.0 Å². The molecule has 1 aliphatic carbocycles. The van der Waals surface area contributed by atoms with E-state index in [2.05, 4.69) is 43.1 Å². The van der Waals surface area contributed by atoms with Gasteiger partial charge in [-0.1, -0.05) is 62.9 Å². The lowest BCUT2D eigenvalue weighted by atomic mass is 10.1. The van der Waals surface area contributed by atoms with E-state index < -0.39 is 0 Å². The Morgan fingerprint density at radius 1 is 1.17 bits per heavy atom. The van der Waals surface area contributed by atoms with Crippen LogP contribution in [0.25, 0.3) is 0 Å². The first kappa shape index (κ1) is 24.1. The standard InChI is InChI=1S/C23H35N3OS.ClH/c1-4-5-10-19-13-15-21(16-14-19)26(18(2)27)22-17-28-23(25(22)3)24-20-11-8-6-7-9-12-20;/h13-16,20,22H,4-12,17H2,1-3H3;1H. The fraction of sp³-hybridized carbons (Fsp3) is 0.652. The third kappa shape index (κ3) is 6.39. The van der Waals surface area contributed by atoms with Crippen LogP contribution in [0.1, 0.15) is 70.8 Å². The monoisotopic (exact) mass is 437 g/mol. The molecule has 2 aliphatic rings. The Kier molecular flexibility index (Phi) is 9.84. The molecule has 3 rings (SSSR count). The Bertz CT molecular complexity index is 671. The van der Waals surface area contributed by atoms with Crippen LogP contribution in [0.15, 0.2) is 29.3 Å². The van der Waals surface area contributed by atoms with Crippen molar-refractivity contribution in [1.29, 1.82) is 0 Å². The van der Waals surface area contributed by atoms with Gasteiger partial charge in [-0.15, -0.1) is 12.4 Å². The fourth-order valence-electron chi connectivity index (χ4n) is 4.18. The highest BCUT2D eigenvalue weighted by Crippen LogP contribution is 2.31.